The van der Waals surface area contributed by atoms with Crippen LogP contribution in [0.2, 0.25) is 0 Å². The number of fused-ring (bicyclic) bond motifs is 3. The van der Waals surface area contributed by atoms with Gasteiger partial charge in [-0.3, -0.25) is 4.40 Å². The number of benzene rings is 1. The Balaban J connectivity index is 1.82. The number of hydrogen-bond acceptors (Lipinski definition) is 6. The van der Waals surface area contributed by atoms with Crippen LogP contribution in [-0.4, -0.2) is 25.3 Å². The third kappa shape index (κ3) is 2.12. The van der Waals surface area contributed by atoms with Gasteiger partial charge in [0.15, 0.2) is 4.96 Å². The monoisotopic (exact) mass is 330 g/mol. The van der Waals surface area contributed by atoms with Crippen LogP contribution in [0.3, 0.4) is 0 Å². The van der Waals surface area contributed by atoms with Crippen molar-refractivity contribution in [1.29, 1.82) is 0 Å². The molecule has 3 aromatic heterocycles. The molecule has 4 aromatic rings. The lowest BCUT2D eigenvalue weighted by atomic mass is 10.3. The Morgan fingerprint density at radius 1 is 1.27 bits per heavy atom. The fourth-order valence-corrected chi connectivity index (χ4v) is 4.09. The highest BCUT2D eigenvalue weighted by atomic mass is 32.2. The Morgan fingerprint density at radius 2 is 2.14 bits per heavy atom. The smallest absolute Gasteiger partial charge is 0.276 e. The van der Waals surface area contributed by atoms with E-state index in [0.717, 1.165) is 38.7 Å². The summed E-state index contributed by atoms with van der Waals surface area (Å²) in [6.07, 6.45) is 1.08. The van der Waals surface area contributed by atoms with E-state index in [-0.39, 0.29) is 0 Å². The molecule has 0 bridgehead atoms. The maximum Gasteiger partial charge on any atom is 0.276 e. The highest BCUT2D eigenvalue weighted by molar-refractivity contribution is 7.99. The summed E-state index contributed by atoms with van der Waals surface area (Å²) in [6, 6.07) is 8.14. The summed E-state index contributed by atoms with van der Waals surface area (Å²) in [5.41, 5.74) is 3.20. The van der Waals surface area contributed by atoms with Crippen molar-refractivity contribution in [3.05, 3.63) is 30.0 Å². The number of aromatic nitrogens is 4. The standard InChI is InChI=1S/C15H14N4OS2/c1-3-8-21-15-18-17-13(20-15)12-9(2)19-11-7-5-4-6-10(11)16-14(19)22-12/h4-7H,3,8H2,1-2H3. The van der Waals surface area contributed by atoms with E-state index in [1.807, 2.05) is 18.2 Å². The van der Waals surface area contributed by atoms with E-state index in [9.17, 15) is 0 Å². The zero-order valence-corrected chi connectivity index (χ0v) is 13.9. The van der Waals surface area contributed by atoms with Gasteiger partial charge in [-0.2, -0.15) is 0 Å². The van der Waals surface area contributed by atoms with Crippen molar-refractivity contribution in [3.8, 4) is 10.8 Å². The third-order valence-corrected chi connectivity index (χ3v) is 5.57. The molecule has 0 aliphatic rings. The molecule has 4 rings (SSSR count). The number of aryl methyl sites for hydroxylation is 1. The van der Waals surface area contributed by atoms with E-state index < -0.39 is 0 Å². The Hall–Kier alpha value is -1.86. The molecule has 0 spiro atoms. The first-order chi connectivity index (χ1) is 10.8. The van der Waals surface area contributed by atoms with Crippen LogP contribution in [-0.2, 0) is 0 Å². The maximum atomic E-state index is 5.77. The van der Waals surface area contributed by atoms with Gasteiger partial charge in [-0.05, 0) is 25.5 Å². The largest absolute Gasteiger partial charge is 0.410 e. The Morgan fingerprint density at radius 3 is 3.00 bits per heavy atom. The average Bonchev–Trinajstić information content (AvgIpc) is 3.20. The predicted molar refractivity (Wildman–Crippen MR) is 89.6 cm³/mol. The van der Waals surface area contributed by atoms with Crippen molar-refractivity contribution in [2.24, 2.45) is 0 Å². The summed E-state index contributed by atoms with van der Waals surface area (Å²) >= 11 is 3.18. The van der Waals surface area contributed by atoms with Crippen LogP contribution < -0.4 is 0 Å². The normalized spacial score (nSPS) is 11.7. The van der Waals surface area contributed by atoms with Gasteiger partial charge in [-0.15, -0.1) is 10.2 Å². The minimum absolute atomic E-state index is 0.579. The molecule has 0 unspecified atom stereocenters. The Bertz CT molecular complexity index is 953. The number of nitrogens with zero attached hydrogens (tertiary/aromatic N) is 4. The molecule has 0 aliphatic carbocycles. The highest BCUT2D eigenvalue weighted by Gasteiger charge is 2.19. The van der Waals surface area contributed by atoms with Crippen molar-refractivity contribution in [3.63, 3.8) is 0 Å². The first kappa shape index (κ1) is 13.8. The second-order valence-corrected chi connectivity index (χ2v) is 6.98. The Labute approximate surface area is 135 Å². The molecule has 7 heteroatoms. The second-order valence-electron chi connectivity index (χ2n) is 4.96. The minimum atomic E-state index is 0.579. The van der Waals surface area contributed by atoms with E-state index in [2.05, 4.69) is 39.5 Å². The number of rotatable bonds is 4. The molecule has 0 saturated carbocycles. The van der Waals surface area contributed by atoms with E-state index in [0.29, 0.717) is 11.1 Å². The van der Waals surface area contributed by atoms with E-state index in [1.165, 1.54) is 0 Å². The van der Waals surface area contributed by atoms with Crippen LogP contribution in [0.25, 0.3) is 26.8 Å². The van der Waals surface area contributed by atoms with Crippen LogP contribution in [0.4, 0.5) is 0 Å². The first-order valence-electron chi connectivity index (χ1n) is 7.11. The molecular formula is C15H14N4OS2. The average molecular weight is 330 g/mol. The van der Waals surface area contributed by atoms with Crippen molar-refractivity contribution >= 4 is 39.1 Å². The lowest BCUT2D eigenvalue weighted by Crippen LogP contribution is -1.85. The zero-order chi connectivity index (χ0) is 15.1. The molecule has 0 amide bonds. The topological polar surface area (TPSA) is 56.2 Å². The number of imidazole rings is 1. The van der Waals surface area contributed by atoms with Gasteiger partial charge in [0.25, 0.3) is 11.1 Å². The fourth-order valence-electron chi connectivity index (χ4n) is 2.41. The molecule has 0 N–H and O–H groups in total. The molecule has 0 saturated heterocycles. The molecule has 0 atom stereocenters. The predicted octanol–water partition coefficient (Wildman–Crippen LogP) is 4.41. The van der Waals surface area contributed by atoms with Crippen molar-refractivity contribution < 1.29 is 4.42 Å². The van der Waals surface area contributed by atoms with E-state index in [4.69, 9.17) is 4.42 Å². The summed E-state index contributed by atoms with van der Waals surface area (Å²) in [4.78, 5) is 6.61. The van der Waals surface area contributed by atoms with Gasteiger partial charge in [-0.25, -0.2) is 4.98 Å². The lowest BCUT2D eigenvalue weighted by molar-refractivity contribution is 0.466. The number of thioether (sulfide) groups is 1. The van der Waals surface area contributed by atoms with Gasteiger partial charge in [0.1, 0.15) is 4.88 Å². The fraction of sp³-hybridized carbons (Fsp3) is 0.267. The van der Waals surface area contributed by atoms with Crippen LogP contribution in [0.15, 0.2) is 33.9 Å². The SMILES string of the molecule is CCCSc1nnc(-c2sc3nc4ccccc4n3c2C)o1. The summed E-state index contributed by atoms with van der Waals surface area (Å²) in [6.45, 7) is 4.20. The van der Waals surface area contributed by atoms with Crippen LogP contribution >= 0.6 is 23.1 Å². The first-order valence-corrected chi connectivity index (χ1v) is 8.91. The van der Waals surface area contributed by atoms with Gasteiger partial charge >= 0.3 is 0 Å². The molecule has 0 fully saturated rings. The van der Waals surface area contributed by atoms with Crippen LogP contribution in [0.1, 0.15) is 19.0 Å². The molecule has 3 heterocycles. The van der Waals surface area contributed by atoms with Crippen molar-refractivity contribution in [2.75, 3.05) is 5.75 Å². The third-order valence-electron chi connectivity index (χ3n) is 3.42. The molecule has 22 heavy (non-hydrogen) atoms. The summed E-state index contributed by atoms with van der Waals surface area (Å²) < 4.78 is 7.92. The quantitative estimate of drug-likeness (QED) is 0.519. The Kier molecular flexibility index (Phi) is 3.38. The number of hydrogen-bond donors (Lipinski definition) is 0. The molecule has 1 aromatic carbocycles. The summed E-state index contributed by atoms with van der Waals surface area (Å²) in [5.74, 6) is 1.56. The highest BCUT2D eigenvalue weighted by Crippen LogP contribution is 2.35. The molecule has 0 aliphatic heterocycles. The van der Waals surface area contributed by atoms with Gasteiger partial charge in [-0.1, -0.05) is 42.2 Å². The lowest BCUT2D eigenvalue weighted by Gasteiger charge is -1.95. The minimum Gasteiger partial charge on any atom is -0.410 e. The summed E-state index contributed by atoms with van der Waals surface area (Å²) in [5, 5.41) is 8.93. The van der Waals surface area contributed by atoms with Crippen LogP contribution in [0.5, 0.6) is 0 Å². The second kappa shape index (κ2) is 5.40. The van der Waals surface area contributed by atoms with Gasteiger partial charge in [0.05, 0.1) is 11.0 Å². The van der Waals surface area contributed by atoms with Crippen LogP contribution in [0, 0.1) is 6.92 Å². The zero-order valence-electron chi connectivity index (χ0n) is 12.2. The van der Waals surface area contributed by atoms with Gasteiger partial charge in [0, 0.05) is 11.4 Å². The van der Waals surface area contributed by atoms with Gasteiger partial charge < -0.3 is 4.42 Å². The summed E-state index contributed by atoms with van der Waals surface area (Å²) in [7, 11) is 0. The maximum absolute atomic E-state index is 5.77. The number of para-hydroxylation sites is 2. The van der Waals surface area contributed by atoms with E-state index in [1.54, 1.807) is 23.1 Å². The molecule has 0 radical (unpaired) electrons. The van der Waals surface area contributed by atoms with E-state index >= 15 is 0 Å². The van der Waals surface area contributed by atoms with Gasteiger partial charge in [0.2, 0.25) is 0 Å². The van der Waals surface area contributed by atoms with Crippen molar-refractivity contribution in [2.45, 2.75) is 25.5 Å². The molecule has 5 nitrogen and oxygen atoms in total. The molecular weight excluding hydrogens is 316 g/mol. The number of thiazole rings is 1. The van der Waals surface area contributed by atoms with Crippen molar-refractivity contribution in [1.82, 2.24) is 19.6 Å². The molecule has 112 valence electrons.